The van der Waals surface area contributed by atoms with Crippen LogP contribution in [0.1, 0.15) is 48.7 Å². The van der Waals surface area contributed by atoms with E-state index < -0.39 is 47.2 Å². The molecule has 1 aliphatic heterocycles. The number of esters is 2. The van der Waals surface area contributed by atoms with Gasteiger partial charge in [-0.2, -0.15) is 4.98 Å². The smallest absolute Gasteiger partial charge is 0.342 e. The summed E-state index contributed by atoms with van der Waals surface area (Å²) in [6.45, 7) is 1.79. The van der Waals surface area contributed by atoms with Gasteiger partial charge in [0.05, 0.1) is 18.4 Å². The molecule has 8 N–H and O–H groups in total. The largest absolute Gasteiger partial charge is 0.480 e. The summed E-state index contributed by atoms with van der Waals surface area (Å²) in [6.07, 6.45) is 1.04. The Morgan fingerprint density at radius 3 is 2.30 bits per heavy atom. The molecule has 3 aromatic rings. The summed E-state index contributed by atoms with van der Waals surface area (Å²) in [7, 11) is 0. The lowest BCUT2D eigenvalue weighted by molar-refractivity contribution is -0.151. The van der Waals surface area contributed by atoms with Crippen molar-refractivity contribution in [3.8, 4) is 0 Å². The molecule has 1 aromatic carbocycles. The van der Waals surface area contributed by atoms with Crippen molar-refractivity contribution in [1.29, 1.82) is 0 Å². The maximum Gasteiger partial charge on any atom is 0.342 e. The lowest BCUT2D eigenvalue weighted by Crippen LogP contribution is -2.42. The molecule has 2 aromatic heterocycles. The van der Waals surface area contributed by atoms with Gasteiger partial charge in [0.15, 0.2) is 11.2 Å². The minimum absolute atomic E-state index is 0.0380. The molecule has 0 fully saturated rings. The number of rotatable bonds is 15. The number of nitrogens with one attached hydrogen (secondary N) is 5. The fourth-order valence-electron chi connectivity index (χ4n) is 4.37. The number of aromatic nitrogens is 4. The van der Waals surface area contributed by atoms with Crippen LogP contribution in [-0.4, -0.2) is 79.8 Å². The van der Waals surface area contributed by atoms with Crippen LogP contribution in [0, 0.1) is 0 Å². The number of hydrogen-bond acceptors (Lipinski definition) is 13. The van der Waals surface area contributed by atoms with E-state index in [1.165, 1.54) is 25.3 Å². The zero-order chi connectivity index (χ0) is 34.1. The van der Waals surface area contributed by atoms with Gasteiger partial charge < -0.3 is 36.8 Å². The van der Waals surface area contributed by atoms with Crippen LogP contribution >= 0.6 is 0 Å². The molecule has 0 saturated carbocycles. The number of aromatic amines is 1. The molecule has 0 saturated heterocycles. The number of nitrogens with zero attached hydrogens (tertiary/aromatic N) is 3. The van der Waals surface area contributed by atoms with E-state index in [0.29, 0.717) is 11.4 Å². The minimum Gasteiger partial charge on any atom is -0.480 e. The topological polar surface area (TPSA) is 278 Å². The molecule has 1 unspecified atom stereocenters. The van der Waals surface area contributed by atoms with Gasteiger partial charge in [-0.25, -0.2) is 24.4 Å². The summed E-state index contributed by atoms with van der Waals surface area (Å²) in [4.78, 5) is 98.2. The molecular formula is C29H31N9O9. The summed E-state index contributed by atoms with van der Waals surface area (Å²) in [6, 6.07) is 4.83. The molecule has 0 radical (unpaired) electrons. The van der Waals surface area contributed by atoms with Gasteiger partial charge in [0.2, 0.25) is 17.8 Å². The Morgan fingerprint density at radius 1 is 0.979 bits per heavy atom. The van der Waals surface area contributed by atoms with Crippen LogP contribution < -0.4 is 32.6 Å². The van der Waals surface area contributed by atoms with E-state index in [0.717, 1.165) is 0 Å². The second-order valence-electron chi connectivity index (χ2n) is 10.3. The molecule has 0 spiro atoms. The molecule has 18 heteroatoms. The third kappa shape index (κ3) is 9.16. The van der Waals surface area contributed by atoms with Crippen LogP contribution in [0.5, 0.6) is 0 Å². The van der Waals surface area contributed by atoms with Crippen LogP contribution in [0.15, 0.2) is 46.4 Å². The molecular weight excluding hydrogens is 618 g/mol. The molecule has 0 bridgehead atoms. The summed E-state index contributed by atoms with van der Waals surface area (Å²) < 4.78 is 4.47. The second-order valence-corrected chi connectivity index (χ2v) is 10.3. The number of fused-ring (bicyclic) bond motifs is 1. The lowest BCUT2D eigenvalue weighted by Gasteiger charge is -2.15. The Bertz CT molecular complexity index is 1820. The number of aliphatic carboxylic acids is 1. The predicted molar refractivity (Wildman–Crippen MR) is 163 cm³/mol. The Kier molecular flexibility index (Phi) is 10.9. The Hall–Kier alpha value is -6.20. The first-order valence-electron chi connectivity index (χ1n) is 14.3. The van der Waals surface area contributed by atoms with Gasteiger partial charge in [0, 0.05) is 48.3 Å². The molecule has 18 nitrogen and oxygen atoms in total. The average Bonchev–Trinajstić information content (AvgIpc) is 3.28. The number of H-pyrrole nitrogens is 1. The number of nitrogen functional groups attached to an aromatic ring is 1. The van der Waals surface area contributed by atoms with Gasteiger partial charge in [0.1, 0.15) is 6.04 Å². The predicted octanol–water partition coefficient (Wildman–Crippen LogP) is -0.717. The summed E-state index contributed by atoms with van der Waals surface area (Å²) in [5, 5.41) is 20.2. The third-order valence-corrected chi connectivity index (χ3v) is 6.93. The molecule has 1 aliphatic rings. The van der Waals surface area contributed by atoms with Crippen molar-refractivity contribution >= 4 is 58.4 Å². The first-order chi connectivity index (χ1) is 22.4. The fourth-order valence-corrected chi connectivity index (χ4v) is 4.37. The number of amides is 3. The molecule has 4 rings (SSSR count). The monoisotopic (exact) mass is 649 g/mol. The number of carbonyl (C=O) groups excluding carboxylic acids is 5. The van der Waals surface area contributed by atoms with E-state index >= 15 is 0 Å². The molecule has 1 atom stereocenters. The number of ether oxygens (including phenoxy) is 1. The minimum atomic E-state index is -1.34. The first-order valence-corrected chi connectivity index (χ1v) is 14.3. The van der Waals surface area contributed by atoms with Gasteiger partial charge in [-0.05, 0) is 44.0 Å². The van der Waals surface area contributed by atoms with Crippen molar-refractivity contribution in [2.75, 3.05) is 24.1 Å². The van der Waals surface area contributed by atoms with Crippen molar-refractivity contribution in [3.05, 3.63) is 63.2 Å². The van der Waals surface area contributed by atoms with Crippen molar-refractivity contribution in [2.24, 2.45) is 0 Å². The number of anilines is 2. The Morgan fingerprint density at radius 2 is 1.66 bits per heavy atom. The summed E-state index contributed by atoms with van der Waals surface area (Å²) in [5.41, 5.74) is 6.72. The number of carboxylic acids is 1. The van der Waals surface area contributed by atoms with E-state index in [1.54, 1.807) is 12.1 Å². The zero-order valence-corrected chi connectivity index (χ0v) is 25.0. The molecule has 3 heterocycles. The highest BCUT2D eigenvalue weighted by atomic mass is 16.6. The van der Waals surface area contributed by atoms with Crippen molar-refractivity contribution in [3.63, 3.8) is 0 Å². The Labute approximate surface area is 265 Å². The molecule has 47 heavy (non-hydrogen) atoms. The molecule has 3 amide bonds. The normalized spacial score (nSPS) is 13.2. The van der Waals surface area contributed by atoms with Gasteiger partial charge in [-0.3, -0.25) is 24.2 Å². The highest BCUT2D eigenvalue weighted by molar-refractivity contribution is 6.12. The van der Waals surface area contributed by atoms with Gasteiger partial charge in [-0.1, -0.05) is 0 Å². The van der Waals surface area contributed by atoms with E-state index in [9.17, 15) is 38.7 Å². The number of nitrogens with two attached hydrogens (primary N) is 1. The summed E-state index contributed by atoms with van der Waals surface area (Å²) in [5.74, 6) is -4.40. The standard InChI is InChI=1S/C29H31N9O9/c1-14-18(28(46)47-27(14)45)6-8-20(39)31-10-11-32-21(40)9-7-19(26(43)44)36-24(41)15-2-4-16(5-3-15)33-12-17-13-34-23-22(35-17)25(42)38-29(30)37-23/h2-5,13,19,33H,6-12H2,1H3,(H,31,39)(H,32,40)(H,36,41)(H,43,44)(H3,30,34,37,38,42). The number of benzene rings is 1. The average molecular weight is 650 g/mol. The van der Waals surface area contributed by atoms with Gasteiger partial charge >= 0.3 is 17.9 Å². The van der Waals surface area contributed by atoms with E-state index in [4.69, 9.17) is 5.73 Å². The van der Waals surface area contributed by atoms with E-state index in [1.807, 2.05) is 0 Å². The number of carboxylic acid groups (broad SMARTS) is 1. The zero-order valence-electron chi connectivity index (χ0n) is 25.0. The van der Waals surface area contributed by atoms with Crippen LogP contribution in [0.2, 0.25) is 0 Å². The maximum absolute atomic E-state index is 12.7. The number of carbonyl (C=O) groups is 6. The molecule has 246 valence electrons. The molecule has 0 aliphatic carbocycles. The van der Waals surface area contributed by atoms with Crippen LogP contribution in [-0.2, 0) is 35.3 Å². The highest BCUT2D eigenvalue weighted by Crippen LogP contribution is 2.21. The van der Waals surface area contributed by atoms with Gasteiger partial charge in [-0.15, -0.1) is 0 Å². The summed E-state index contributed by atoms with van der Waals surface area (Å²) >= 11 is 0. The van der Waals surface area contributed by atoms with Crippen LogP contribution in [0.25, 0.3) is 11.2 Å². The van der Waals surface area contributed by atoms with E-state index in [-0.39, 0.29) is 79.1 Å². The SMILES string of the molecule is CC1=C(CCC(=O)NCCNC(=O)CCC(NC(=O)c2ccc(NCc3cnc4nc(N)[nH]c(=O)c4n3)cc2)C(=O)O)C(=O)OC1=O. The first kappa shape index (κ1) is 33.7. The van der Waals surface area contributed by atoms with Crippen molar-refractivity contribution in [2.45, 2.75) is 45.2 Å². The number of cyclic esters (lactones) is 2. The van der Waals surface area contributed by atoms with Crippen molar-refractivity contribution < 1.29 is 38.6 Å². The third-order valence-electron chi connectivity index (χ3n) is 6.93. The number of hydrogen-bond donors (Lipinski definition) is 7. The maximum atomic E-state index is 12.7. The highest BCUT2D eigenvalue weighted by Gasteiger charge is 2.29. The van der Waals surface area contributed by atoms with Gasteiger partial charge in [0.25, 0.3) is 11.5 Å². The van der Waals surface area contributed by atoms with E-state index in [2.05, 4.69) is 45.9 Å². The lowest BCUT2D eigenvalue weighted by atomic mass is 10.1. The Balaban J connectivity index is 1.17. The quantitative estimate of drug-likeness (QED) is 0.0608. The van der Waals surface area contributed by atoms with Crippen LogP contribution in [0.3, 0.4) is 0 Å². The van der Waals surface area contributed by atoms with Crippen LogP contribution in [0.4, 0.5) is 11.6 Å². The fraction of sp³-hybridized carbons (Fsp3) is 0.310. The van der Waals surface area contributed by atoms with Crippen molar-refractivity contribution in [1.82, 2.24) is 35.9 Å². The second kappa shape index (κ2) is 15.2.